The van der Waals surface area contributed by atoms with Crippen molar-refractivity contribution in [3.8, 4) is 0 Å². The third kappa shape index (κ3) is 5.56. The molecule has 1 fully saturated rings. The summed E-state index contributed by atoms with van der Waals surface area (Å²) in [4.78, 5) is 22.4. The first-order chi connectivity index (χ1) is 8.84. The number of hydrogen-bond acceptors (Lipinski definition) is 6. The maximum absolute atomic E-state index is 11.5. The zero-order chi connectivity index (χ0) is 14.5. The molecule has 0 radical (unpaired) electrons. The van der Waals surface area contributed by atoms with Crippen LogP contribution in [0.15, 0.2) is 0 Å². The van der Waals surface area contributed by atoms with Crippen LogP contribution in [0.1, 0.15) is 19.8 Å². The van der Waals surface area contributed by atoms with Crippen molar-refractivity contribution in [2.75, 3.05) is 25.2 Å². The van der Waals surface area contributed by atoms with Crippen molar-refractivity contribution in [2.24, 2.45) is 0 Å². The summed E-state index contributed by atoms with van der Waals surface area (Å²) in [5, 5.41) is 5.59. The van der Waals surface area contributed by atoms with E-state index in [1.807, 2.05) is 0 Å². The minimum Gasteiger partial charge on any atom is -0.467 e. The largest absolute Gasteiger partial charge is 0.467 e. The molecule has 0 aromatic heterocycles. The van der Waals surface area contributed by atoms with Gasteiger partial charge in [0.25, 0.3) is 0 Å². The topological polar surface area (TPSA) is 102 Å². The van der Waals surface area contributed by atoms with Gasteiger partial charge in [-0.15, -0.1) is 0 Å². The Balaban J connectivity index is 2.44. The Labute approximate surface area is 113 Å². The van der Waals surface area contributed by atoms with Crippen LogP contribution in [0.5, 0.6) is 0 Å². The molecule has 19 heavy (non-hydrogen) atoms. The van der Waals surface area contributed by atoms with E-state index in [2.05, 4.69) is 15.4 Å². The monoisotopic (exact) mass is 292 g/mol. The van der Waals surface area contributed by atoms with E-state index in [9.17, 15) is 18.0 Å². The van der Waals surface area contributed by atoms with Gasteiger partial charge in [-0.3, -0.25) is 4.79 Å². The second kappa shape index (κ2) is 6.85. The summed E-state index contributed by atoms with van der Waals surface area (Å²) in [5.41, 5.74) is 0. The molecule has 0 saturated carbocycles. The van der Waals surface area contributed by atoms with Crippen molar-refractivity contribution < 1.29 is 22.7 Å². The van der Waals surface area contributed by atoms with Gasteiger partial charge in [-0.1, -0.05) is 0 Å². The van der Waals surface area contributed by atoms with Crippen LogP contribution in [0.2, 0.25) is 0 Å². The van der Waals surface area contributed by atoms with Crippen molar-refractivity contribution in [3.05, 3.63) is 0 Å². The summed E-state index contributed by atoms with van der Waals surface area (Å²) in [5.74, 6) is -0.518. The van der Waals surface area contributed by atoms with Crippen molar-refractivity contribution >= 4 is 21.7 Å². The van der Waals surface area contributed by atoms with Gasteiger partial charge in [-0.2, -0.15) is 0 Å². The summed E-state index contributed by atoms with van der Waals surface area (Å²) < 4.78 is 27.1. The lowest BCUT2D eigenvalue weighted by Gasteiger charge is -2.25. The van der Waals surface area contributed by atoms with Crippen LogP contribution in [-0.4, -0.2) is 57.5 Å². The zero-order valence-electron chi connectivity index (χ0n) is 11.1. The molecule has 1 aliphatic heterocycles. The van der Waals surface area contributed by atoms with Crippen molar-refractivity contribution in [1.82, 2.24) is 10.6 Å². The molecule has 0 spiro atoms. The number of nitrogens with one attached hydrogen (secondary N) is 2. The van der Waals surface area contributed by atoms with Gasteiger partial charge >= 0.3 is 5.97 Å². The highest BCUT2D eigenvalue weighted by atomic mass is 32.2. The Hall–Kier alpha value is -1.15. The summed E-state index contributed by atoms with van der Waals surface area (Å²) in [6.07, 6.45) is 1.05. The molecular weight excluding hydrogens is 272 g/mol. The standard InChI is InChI=1S/C11H20N2O5S/c1-8(14)13-10(11(15)18-2)7-12-9-3-5-19(16,17)6-4-9/h9-10,12H,3-7H2,1-2H3,(H,13,14). The predicted molar refractivity (Wildman–Crippen MR) is 69.3 cm³/mol. The number of ether oxygens (including phenoxy) is 1. The quantitative estimate of drug-likeness (QED) is 0.619. The maximum atomic E-state index is 11.5. The number of carbonyl (C=O) groups is 2. The number of hydrogen-bond donors (Lipinski definition) is 2. The van der Waals surface area contributed by atoms with Crippen LogP contribution in [0.4, 0.5) is 0 Å². The number of rotatable bonds is 5. The minimum atomic E-state index is -2.90. The normalized spacial score (nSPS) is 20.5. The van der Waals surface area contributed by atoms with Crippen molar-refractivity contribution in [1.29, 1.82) is 0 Å². The first-order valence-corrected chi connectivity index (χ1v) is 7.95. The fraction of sp³-hybridized carbons (Fsp3) is 0.818. The van der Waals surface area contributed by atoms with Gasteiger partial charge in [-0.05, 0) is 12.8 Å². The van der Waals surface area contributed by atoms with E-state index >= 15 is 0 Å². The molecule has 1 saturated heterocycles. The fourth-order valence-electron chi connectivity index (χ4n) is 1.96. The van der Waals surface area contributed by atoms with E-state index in [4.69, 9.17) is 0 Å². The molecule has 8 heteroatoms. The van der Waals surface area contributed by atoms with Crippen LogP contribution in [0, 0.1) is 0 Å². The molecule has 110 valence electrons. The van der Waals surface area contributed by atoms with Crippen LogP contribution < -0.4 is 10.6 Å². The third-order valence-electron chi connectivity index (χ3n) is 3.03. The van der Waals surface area contributed by atoms with Crippen LogP contribution >= 0.6 is 0 Å². The number of amides is 1. The van der Waals surface area contributed by atoms with Gasteiger partial charge in [-0.25, -0.2) is 13.2 Å². The lowest BCUT2D eigenvalue weighted by atomic mass is 10.1. The van der Waals surface area contributed by atoms with Gasteiger partial charge in [0.15, 0.2) is 0 Å². The van der Waals surface area contributed by atoms with E-state index in [1.54, 1.807) is 0 Å². The first kappa shape index (κ1) is 15.9. The minimum absolute atomic E-state index is 0.0458. The fourth-order valence-corrected chi connectivity index (χ4v) is 3.45. The van der Waals surface area contributed by atoms with Gasteiger partial charge in [0.05, 0.1) is 18.6 Å². The third-order valence-corrected chi connectivity index (χ3v) is 4.74. The molecular formula is C11H20N2O5S. The summed E-state index contributed by atoms with van der Waals surface area (Å²) in [7, 11) is -1.64. The average molecular weight is 292 g/mol. The van der Waals surface area contributed by atoms with E-state index in [0.29, 0.717) is 12.8 Å². The van der Waals surface area contributed by atoms with Gasteiger partial charge < -0.3 is 15.4 Å². The molecule has 7 nitrogen and oxygen atoms in total. The smallest absolute Gasteiger partial charge is 0.329 e. The van der Waals surface area contributed by atoms with E-state index in [-0.39, 0.29) is 30.0 Å². The second-order valence-corrected chi connectivity index (χ2v) is 6.91. The SMILES string of the molecule is COC(=O)C(CNC1CCS(=O)(=O)CC1)NC(C)=O. The Bertz CT molecular complexity index is 420. The highest BCUT2D eigenvalue weighted by Crippen LogP contribution is 2.11. The highest BCUT2D eigenvalue weighted by molar-refractivity contribution is 7.91. The number of sulfone groups is 1. The first-order valence-electron chi connectivity index (χ1n) is 6.13. The molecule has 1 rings (SSSR count). The van der Waals surface area contributed by atoms with E-state index in [0.717, 1.165) is 0 Å². The number of carbonyl (C=O) groups excluding carboxylic acids is 2. The maximum Gasteiger partial charge on any atom is 0.329 e. The molecule has 1 unspecified atom stereocenters. The number of esters is 1. The van der Waals surface area contributed by atoms with Crippen LogP contribution in [-0.2, 0) is 24.2 Å². The molecule has 1 heterocycles. The summed E-state index contributed by atoms with van der Waals surface area (Å²) >= 11 is 0. The lowest BCUT2D eigenvalue weighted by molar-refractivity contribution is -0.144. The summed E-state index contributed by atoms with van der Waals surface area (Å²) in [6.45, 7) is 1.56. The zero-order valence-corrected chi connectivity index (χ0v) is 12.0. The molecule has 1 atom stereocenters. The molecule has 1 aliphatic rings. The Morgan fingerprint density at radius 2 is 1.89 bits per heavy atom. The average Bonchev–Trinajstić information content (AvgIpc) is 2.34. The summed E-state index contributed by atoms with van der Waals surface area (Å²) in [6, 6.07) is -0.703. The molecule has 0 aliphatic carbocycles. The van der Waals surface area contributed by atoms with Crippen LogP contribution in [0.25, 0.3) is 0 Å². The Kier molecular flexibility index (Phi) is 5.74. The molecule has 1 amide bonds. The van der Waals surface area contributed by atoms with Crippen LogP contribution in [0.3, 0.4) is 0 Å². The lowest BCUT2D eigenvalue weighted by Crippen LogP contribution is -2.50. The van der Waals surface area contributed by atoms with E-state index in [1.165, 1.54) is 14.0 Å². The molecule has 0 aromatic carbocycles. The second-order valence-electron chi connectivity index (χ2n) is 4.61. The molecule has 0 bridgehead atoms. The Morgan fingerprint density at radius 3 is 2.37 bits per heavy atom. The molecule has 2 N–H and O–H groups in total. The van der Waals surface area contributed by atoms with E-state index < -0.39 is 21.8 Å². The molecule has 0 aromatic rings. The number of methoxy groups -OCH3 is 1. The van der Waals surface area contributed by atoms with Crippen molar-refractivity contribution in [2.45, 2.75) is 31.8 Å². The van der Waals surface area contributed by atoms with Gasteiger partial charge in [0.2, 0.25) is 5.91 Å². The predicted octanol–water partition coefficient (Wildman–Crippen LogP) is -1.17. The van der Waals surface area contributed by atoms with Crippen molar-refractivity contribution in [3.63, 3.8) is 0 Å². The van der Waals surface area contributed by atoms with Gasteiger partial charge in [0.1, 0.15) is 15.9 Å². The Morgan fingerprint density at radius 1 is 1.32 bits per heavy atom. The van der Waals surface area contributed by atoms with Gasteiger partial charge in [0, 0.05) is 19.5 Å². The highest BCUT2D eigenvalue weighted by Gasteiger charge is 2.26.